The van der Waals surface area contributed by atoms with Gasteiger partial charge in [-0.1, -0.05) is 31.7 Å². The van der Waals surface area contributed by atoms with Gasteiger partial charge in [0.05, 0.1) is 5.75 Å². The standard InChI is InChI=1S/C13H17N3O2S2/c1-9-14-15-12(20-7-11(17)18)16(9)8-13(2,3)10-5-4-6-19-10/h4-6H,7-8H2,1-3H3,(H,17,18). The molecule has 20 heavy (non-hydrogen) atoms. The summed E-state index contributed by atoms with van der Waals surface area (Å²) in [5, 5.41) is 19.6. The van der Waals surface area contributed by atoms with Crippen molar-refractivity contribution in [3.05, 3.63) is 28.2 Å². The van der Waals surface area contributed by atoms with Crippen LogP contribution in [-0.4, -0.2) is 31.6 Å². The van der Waals surface area contributed by atoms with Gasteiger partial charge in [-0.25, -0.2) is 0 Å². The number of rotatable bonds is 6. The molecule has 0 aliphatic rings. The van der Waals surface area contributed by atoms with Crippen LogP contribution in [0.15, 0.2) is 22.7 Å². The molecule has 0 spiro atoms. The third-order valence-electron chi connectivity index (χ3n) is 2.97. The zero-order valence-corrected chi connectivity index (χ0v) is 13.3. The molecule has 0 fully saturated rings. The van der Waals surface area contributed by atoms with Crippen LogP contribution in [0.3, 0.4) is 0 Å². The van der Waals surface area contributed by atoms with Gasteiger partial charge < -0.3 is 9.67 Å². The highest BCUT2D eigenvalue weighted by molar-refractivity contribution is 7.99. The predicted molar refractivity (Wildman–Crippen MR) is 80.5 cm³/mol. The predicted octanol–water partition coefficient (Wildman–Crippen LogP) is 2.80. The molecule has 2 aromatic heterocycles. The molecule has 2 aromatic rings. The Morgan fingerprint density at radius 2 is 2.25 bits per heavy atom. The maximum Gasteiger partial charge on any atom is 0.313 e. The fourth-order valence-electron chi connectivity index (χ4n) is 1.91. The van der Waals surface area contributed by atoms with Gasteiger partial charge in [0.2, 0.25) is 0 Å². The summed E-state index contributed by atoms with van der Waals surface area (Å²) in [6.45, 7) is 6.96. The van der Waals surface area contributed by atoms with Gasteiger partial charge in [0, 0.05) is 16.8 Å². The summed E-state index contributed by atoms with van der Waals surface area (Å²) in [6.07, 6.45) is 0. The van der Waals surface area contributed by atoms with Crippen LogP contribution in [0, 0.1) is 6.92 Å². The molecule has 0 saturated heterocycles. The summed E-state index contributed by atoms with van der Waals surface area (Å²) in [4.78, 5) is 12.0. The van der Waals surface area contributed by atoms with E-state index in [9.17, 15) is 4.79 Å². The van der Waals surface area contributed by atoms with E-state index in [4.69, 9.17) is 5.11 Å². The second kappa shape index (κ2) is 5.97. The highest BCUT2D eigenvalue weighted by Crippen LogP contribution is 2.31. The first-order valence-electron chi connectivity index (χ1n) is 6.18. The van der Waals surface area contributed by atoms with Crippen molar-refractivity contribution >= 4 is 29.1 Å². The van der Waals surface area contributed by atoms with E-state index in [0.717, 1.165) is 12.4 Å². The van der Waals surface area contributed by atoms with E-state index in [2.05, 4.69) is 35.5 Å². The molecule has 2 heterocycles. The third kappa shape index (κ3) is 3.40. The lowest BCUT2D eigenvalue weighted by Gasteiger charge is -2.25. The lowest BCUT2D eigenvalue weighted by molar-refractivity contribution is -0.133. The fraction of sp³-hybridized carbons (Fsp3) is 0.462. The van der Waals surface area contributed by atoms with Gasteiger partial charge >= 0.3 is 5.97 Å². The van der Waals surface area contributed by atoms with E-state index in [1.807, 2.05) is 17.6 Å². The van der Waals surface area contributed by atoms with E-state index in [0.29, 0.717) is 5.16 Å². The Bertz CT molecular complexity index is 591. The summed E-state index contributed by atoms with van der Waals surface area (Å²) in [7, 11) is 0. The van der Waals surface area contributed by atoms with Crippen molar-refractivity contribution in [1.29, 1.82) is 0 Å². The van der Waals surface area contributed by atoms with Gasteiger partial charge in [0.25, 0.3) is 0 Å². The Kier molecular flexibility index (Phi) is 4.49. The summed E-state index contributed by atoms with van der Waals surface area (Å²) in [6, 6.07) is 4.16. The monoisotopic (exact) mass is 311 g/mol. The van der Waals surface area contributed by atoms with Crippen molar-refractivity contribution in [2.45, 2.75) is 37.9 Å². The number of carbonyl (C=O) groups is 1. The normalized spacial score (nSPS) is 11.8. The van der Waals surface area contributed by atoms with Gasteiger partial charge in [-0.2, -0.15) is 0 Å². The Morgan fingerprint density at radius 1 is 1.50 bits per heavy atom. The molecule has 5 nitrogen and oxygen atoms in total. The number of carboxylic acid groups (broad SMARTS) is 1. The molecule has 0 amide bonds. The van der Waals surface area contributed by atoms with Crippen LogP contribution in [0.25, 0.3) is 0 Å². The third-order valence-corrected chi connectivity index (χ3v) is 5.16. The minimum Gasteiger partial charge on any atom is -0.481 e. The van der Waals surface area contributed by atoms with Crippen molar-refractivity contribution < 1.29 is 9.90 Å². The van der Waals surface area contributed by atoms with Gasteiger partial charge in [0.1, 0.15) is 5.82 Å². The molecule has 0 aliphatic heterocycles. The number of hydrogen-bond donors (Lipinski definition) is 1. The van der Waals surface area contributed by atoms with E-state index in [1.54, 1.807) is 11.3 Å². The molecule has 0 bridgehead atoms. The van der Waals surface area contributed by atoms with Gasteiger partial charge in [-0.05, 0) is 18.4 Å². The summed E-state index contributed by atoms with van der Waals surface area (Å²) in [5.74, 6) is -0.0420. The fourth-order valence-corrected chi connectivity index (χ4v) is 3.46. The van der Waals surface area contributed by atoms with Crippen LogP contribution in [0.4, 0.5) is 0 Å². The number of carboxylic acids is 1. The van der Waals surface area contributed by atoms with Crippen LogP contribution in [-0.2, 0) is 16.8 Å². The molecular weight excluding hydrogens is 294 g/mol. The van der Waals surface area contributed by atoms with Crippen LogP contribution in [0.5, 0.6) is 0 Å². The zero-order chi connectivity index (χ0) is 14.8. The number of thioether (sulfide) groups is 1. The smallest absolute Gasteiger partial charge is 0.313 e. The number of aryl methyl sites for hydroxylation is 1. The van der Waals surface area contributed by atoms with Crippen LogP contribution >= 0.6 is 23.1 Å². The molecule has 0 unspecified atom stereocenters. The lowest BCUT2D eigenvalue weighted by Crippen LogP contribution is -2.24. The average Bonchev–Trinajstić information content (AvgIpc) is 2.99. The Hall–Kier alpha value is -1.34. The number of aliphatic carboxylic acids is 1. The lowest BCUT2D eigenvalue weighted by atomic mass is 9.91. The second-order valence-corrected chi connectivity index (χ2v) is 7.05. The highest BCUT2D eigenvalue weighted by atomic mass is 32.2. The summed E-state index contributed by atoms with van der Waals surface area (Å²) >= 11 is 2.93. The average molecular weight is 311 g/mol. The molecule has 0 aromatic carbocycles. The number of thiophene rings is 1. The van der Waals surface area contributed by atoms with E-state index < -0.39 is 5.97 Å². The van der Waals surface area contributed by atoms with Crippen molar-refractivity contribution in [3.63, 3.8) is 0 Å². The molecule has 0 atom stereocenters. The molecule has 1 N–H and O–H groups in total. The minimum atomic E-state index is -0.847. The van der Waals surface area contributed by atoms with E-state index in [1.165, 1.54) is 16.6 Å². The van der Waals surface area contributed by atoms with E-state index in [-0.39, 0.29) is 11.2 Å². The number of hydrogen-bond acceptors (Lipinski definition) is 5. The maximum absolute atomic E-state index is 10.7. The van der Waals surface area contributed by atoms with Crippen LogP contribution < -0.4 is 0 Å². The van der Waals surface area contributed by atoms with Crippen LogP contribution in [0.1, 0.15) is 24.5 Å². The van der Waals surface area contributed by atoms with Crippen molar-refractivity contribution in [1.82, 2.24) is 14.8 Å². The Labute approximate surface area is 126 Å². The zero-order valence-electron chi connectivity index (χ0n) is 11.7. The second-order valence-electron chi connectivity index (χ2n) is 5.16. The quantitative estimate of drug-likeness (QED) is 0.831. The molecule has 108 valence electrons. The molecule has 0 saturated carbocycles. The topological polar surface area (TPSA) is 68.0 Å². The highest BCUT2D eigenvalue weighted by Gasteiger charge is 2.25. The minimum absolute atomic E-state index is 0.00242. The molecule has 0 radical (unpaired) electrons. The first-order chi connectivity index (χ1) is 9.40. The summed E-state index contributed by atoms with van der Waals surface area (Å²) in [5.41, 5.74) is -0.0418. The largest absolute Gasteiger partial charge is 0.481 e. The number of aromatic nitrogens is 3. The van der Waals surface area contributed by atoms with Gasteiger partial charge in [-0.3, -0.25) is 4.79 Å². The Balaban J connectivity index is 2.20. The SMILES string of the molecule is Cc1nnc(SCC(=O)O)n1CC(C)(C)c1cccs1. The summed E-state index contributed by atoms with van der Waals surface area (Å²) < 4.78 is 1.99. The van der Waals surface area contributed by atoms with Gasteiger partial charge in [-0.15, -0.1) is 21.5 Å². The van der Waals surface area contributed by atoms with Crippen molar-refractivity contribution in [2.75, 3.05) is 5.75 Å². The first-order valence-corrected chi connectivity index (χ1v) is 8.05. The van der Waals surface area contributed by atoms with Gasteiger partial charge in [0.15, 0.2) is 5.16 Å². The maximum atomic E-state index is 10.7. The van der Waals surface area contributed by atoms with Crippen molar-refractivity contribution in [2.24, 2.45) is 0 Å². The molecule has 2 rings (SSSR count). The van der Waals surface area contributed by atoms with E-state index >= 15 is 0 Å². The Morgan fingerprint density at radius 3 is 2.85 bits per heavy atom. The van der Waals surface area contributed by atoms with Crippen LogP contribution in [0.2, 0.25) is 0 Å². The number of nitrogens with zero attached hydrogens (tertiary/aromatic N) is 3. The molecular formula is C13H17N3O2S2. The van der Waals surface area contributed by atoms with Crippen molar-refractivity contribution in [3.8, 4) is 0 Å². The molecule has 0 aliphatic carbocycles. The molecule has 7 heteroatoms. The first kappa shape index (κ1) is 15.1.